The minimum atomic E-state index is 0.748. The lowest BCUT2D eigenvalue weighted by Crippen LogP contribution is -2.18. The average Bonchev–Trinajstić information content (AvgIpc) is 2.46. The van der Waals surface area contributed by atoms with E-state index < -0.39 is 0 Å². The van der Waals surface area contributed by atoms with Crippen molar-refractivity contribution in [3.8, 4) is 0 Å². The van der Waals surface area contributed by atoms with Gasteiger partial charge >= 0.3 is 0 Å². The first-order valence-electron chi connectivity index (χ1n) is 4.20. The van der Waals surface area contributed by atoms with Gasteiger partial charge in [-0.2, -0.15) is 0 Å². The maximum atomic E-state index is 5.36. The lowest BCUT2D eigenvalue weighted by molar-refractivity contribution is 0.630. The number of imidazole rings is 1. The zero-order chi connectivity index (χ0) is 8.81. The van der Waals surface area contributed by atoms with Crippen molar-refractivity contribution in [2.45, 2.75) is 13.0 Å². The van der Waals surface area contributed by atoms with Gasteiger partial charge in [-0.25, -0.2) is 4.98 Å². The van der Waals surface area contributed by atoms with Crippen LogP contribution in [-0.2, 0) is 13.6 Å². The maximum Gasteiger partial charge on any atom is 0.0945 e. The average molecular weight is 168 g/mol. The molecule has 0 fully saturated rings. The number of nitrogens with two attached hydrogens (primary N) is 1. The molecule has 1 heterocycles. The van der Waals surface area contributed by atoms with Crippen LogP contribution in [0.2, 0.25) is 0 Å². The third-order valence-electron chi connectivity index (χ3n) is 1.78. The molecule has 0 bridgehead atoms. The Bertz CT molecular complexity index is 219. The number of nitrogens with zero attached hydrogens (tertiary/aromatic N) is 2. The van der Waals surface area contributed by atoms with Gasteiger partial charge in [-0.15, -0.1) is 0 Å². The van der Waals surface area contributed by atoms with Crippen molar-refractivity contribution in [2.75, 3.05) is 13.1 Å². The van der Waals surface area contributed by atoms with Crippen molar-refractivity contribution in [2.24, 2.45) is 12.8 Å². The highest BCUT2D eigenvalue weighted by atomic mass is 15.0. The van der Waals surface area contributed by atoms with Crippen molar-refractivity contribution < 1.29 is 0 Å². The highest BCUT2D eigenvalue weighted by molar-refractivity contribution is 4.96. The first-order valence-corrected chi connectivity index (χ1v) is 4.20. The third kappa shape index (κ3) is 2.64. The van der Waals surface area contributed by atoms with Gasteiger partial charge in [-0.1, -0.05) is 0 Å². The van der Waals surface area contributed by atoms with Crippen LogP contribution in [0.5, 0.6) is 0 Å². The van der Waals surface area contributed by atoms with E-state index in [1.165, 1.54) is 5.69 Å². The van der Waals surface area contributed by atoms with Crippen molar-refractivity contribution >= 4 is 0 Å². The molecule has 0 saturated heterocycles. The minimum absolute atomic E-state index is 0.748. The maximum absolute atomic E-state index is 5.36. The number of aromatic nitrogens is 2. The second-order valence-electron chi connectivity index (χ2n) is 2.81. The highest BCUT2D eigenvalue weighted by Crippen LogP contribution is 1.94. The summed E-state index contributed by atoms with van der Waals surface area (Å²) in [4.78, 5) is 4.02. The lowest BCUT2D eigenvalue weighted by atomic mass is 10.4. The van der Waals surface area contributed by atoms with Crippen LogP contribution in [0.3, 0.4) is 0 Å². The SMILES string of the molecule is Cn1cncc1CNCCCN. The number of hydrogen-bond donors (Lipinski definition) is 2. The van der Waals surface area contributed by atoms with Gasteiger partial charge in [-0.05, 0) is 19.5 Å². The smallest absolute Gasteiger partial charge is 0.0945 e. The third-order valence-corrected chi connectivity index (χ3v) is 1.78. The molecule has 0 aromatic carbocycles. The van der Waals surface area contributed by atoms with E-state index in [1.807, 2.05) is 17.8 Å². The Morgan fingerprint density at radius 2 is 2.50 bits per heavy atom. The normalized spacial score (nSPS) is 10.5. The predicted molar refractivity (Wildman–Crippen MR) is 48.6 cm³/mol. The number of rotatable bonds is 5. The number of hydrogen-bond acceptors (Lipinski definition) is 3. The largest absolute Gasteiger partial charge is 0.337 e. The van der Waals surface area contributed by atoms with E-state index in [-0.39, 0.29) is 0 Å². The van der Waals surface area contributed by atoms with Crippen LogP contribution in [0, 0.1) is 0 Å². The van der Waals surface area contributed by atoms with Gasteiger partial charge in [0.05, 0.1) is 12.0 Å². The summed E-state index contributed by atoms with van der Waals surface area (Å²) in [6.45, 7) is 2.59. The molecule has 0 unspecified atom stereocenters. The van der Waals surface area contributed by atoms with Gasteiger partial charge in [0.15, 0.2) is 0 Å². The van der Waals surface area contributed by atoms with E-state index >= 15 is 0 Å². The fourth-order valence-corrected chi connectivity index (χ4v) is 0.998. The molecule has 0 spiro atoms. The molecule has 1 rings (SSSR count). The Morgan fingerprint density at radius 3 is 3.08 bits per heavy atom. The lowest BCUT2D eigenvalue weighted by Gasteiger charge is -2.03. The van der Waals surface area contributed by atoms with Gasteiger partial charge in [-0.3, -0.25) is 0 Å². The molecule has 0 aliphatic rings. The van der Waals surface area contributed by atoms with Crippen molar-refractivity contribution in [3.05, 3.63) is 18.2 Å². The van der Waals surface area contributed by atoms with Crippen LogP contribution >= 0.6 is 0 Å². The second kappa shape index (κ2) is 4.90. The van der Waals surface area contributed by atoms with E-state index in [4.69, 9.17) is 5.73 Å². The van der Waals surface area contributed by atoms with E-state index in [0.29, 0.717) is 0 Å². The Labute approximate surface area is 72.8 Å². The Morgan fingerprint density at radius 1 is 1.67 bits per heavy atom. The summed E-state index contributed by atoms with van der Waals surface area (Å²) in [5.74, 6) is 0. The highest BCUT2D eigenvalue weighted by Gasteiger charge is 1.95. The summed E-state index contributed by atoms with van der Waals surface area (Å²) in [5, 5.41) is 3.29. The topological polar surface area (TPSA) is 55.9 Å². The molecule has 12 heavy (non-hydrogen) atoms. The molecule has 4 heteroatoms. The van der Waals surface area contributed by atoms with Gasteiger partial charge < -0.3 is 15.6 Å². The zero-order valence-electron chi connectivity index (χ0n) is 7.45. The van der Waals surface area contributed by atoms with E-state index in [0.717, 1.165) is 26.1 Å². The van der Waals surface area contributed by atoms with Crippen LogP contribution in [0.25, 0.3) is 0 Å². The molecule has 0 aliphatic heterocycles. The standard InChI is InChI=1S/C8H16N4/c1-12-7-11-6-8(12)5-10-4-2-3-9/h6-7,10H,2-5,9H2,1H3. The summed E-state index contributed by atoms with van der Waals surface area (Å²) in [6, 6.07) is 0. The second-order valence-corrected chi connectivity index (χ2v) is 2.81. The zero-order valence-corrected chi connectivity index (χ0v) is 7.45. The molecule has 0 radical (unpaired) electrons. The molecule has 1 aromatic heterocycles. The molecule has 0 atom stereocenters. The van der Waals surface area contributed by atoms with E-state index in [9.17, 15) is 0 Å². The van der Waals surface area contributed by atoms with Gasteiger partial charge in [0.1, 0.15) is 0 Å². The number of nitrogens with one attached hydrogen (secondary N) is 1. The number of aryl methyl sites for hydroxylation is 1. The predicted octanol–water partition coefficient (Wildman–Crippen LogP) is -0.141. The molecule has 3 N–H and O–H groups in total. The molecule has 1 aromatic rings. The van der Waals surface area contributed by atoms with Crippen LogP contribution < -0.4 is 11.1 Å². The molecule has 4 nitrogen and oxygen atoms in total. The summed E-state index contributed by atoms with van der Waals surface area (Å²) < 4.78 is 2.01. The molecular weight excluding hydrogens is 152 g/mol. The first-order chi connectivity index (χ1) is 5.84. The molecule has 68 valence electrons. The van der Waals surface area contributed by atoms with Gasteiger partial charge in [0.2, 0.25) is 0 Å². The monoisotopic (exact) mass is 168 g/mol. The Hall–Kier alpha value is -0.870. The van der Waals surface area contributed by atoms with Gasteiger partial charge in [0.25, 0.3) is 0 Å². The molecule has 0 amide bonds. The van der Waals surface area contributed by atoms with Gasteiger partial charge in [0, 0.05) is 19.8 Å². The summed E-state index contributed by atoms with van der Waals surface area (Å²) >= 11 is 0. The molecule has 0 saturated carbocycles. The van der Waals surface area contributed by atoms with E-state index in [2.05, 4.69) is 10.3 Å². The quantitative estimate of drug-likeness (QED) is 0.602. The van der Waals surface area contributed by atoms with Crippen LogP contribution in [0.1, 0.15) is 12.1 Å². The van der Waals surface area contributed by atoms with Crippen molar-refractivity contribution in [3.63, 3.8) is 0 Å². The first kappa shape index (κ1) is 9.22. The van der Waals surface area contributed by atoms with Crippen LogP contribution in [0.15, 0.2) is 12.5 Å². The van der Waals surface area contributed by atoms with Crippen molar-refractivity contribution in [1.29, 1.82) is 0 Å². The fraction of sp³-hybridized carbons (Fsp3) is 0.625. The fourth-order valence-electron chi connectivity index (χ4n) is 0.998. The summed E-state index contributed by atoms with van der Waals surface area (Å²) in [7, 11) is 1.99. The van der Waals surface area contributed by atoms with Crippen LogP contribution in [-0.4, -0.2) is 22.6 Å². The molecular formula is C8H16N4. The van der Waals surface area contributed by atoms with E-state index in [1.54, 1.807) is 6.33 Å². The minimum Gasteiger partial charge on any atom is -0.337 e. The van der Waals surface area contributed by atoms with Crippen LogP contribution in [0.4, 0.5) is 0 Å². The summed E-state index contributed by atoms with van der Waals surface area (Å²) in [5.41, 5.74) is 6.56. The van der Waals surface area contributed by atoms with Crippen molar-refractivity contribution in [1.82, 2.24) is 14.9 Å². The summed E-state index contributed by atoms with van der Waals surface area (Å²) in [6.07, 6.45) is 4.70. The Kier molecular flexibility index (Phi) is 3.76. The Balaban J connectivity index is 2.20. The molecule has 0 aliphatic carbocycles.